The van der Waals surface area contributed by atoms with Crippen LogP contribution in [0.1, 0.15) is 31.0 Å². The average molecular weight is 349 g/mol. The number of hydrogen-bond acceptors (Lipinski definition) is 4. The van der Waals surface area contributed by atoms with Gasteiger partial charge in [-0.25, -0.2) is 0 Å². The van der Waals surface area contributed by atoms with Gasteiger partial charge < -0.3 is 20.5 Å². The van der Waals surface area contributed by atoms with Gasteiger partial charge in [-0.3, -0.25) is 4.79 Å². The summed E-state index contributed by atoms with van der Waals surface area (Å²) in [6.07, 6.45) is 0. The topological polar surface area (TPSA) is 73.6 Å². The summed E-state index contributed by atoms with van der Waals surface area (Å²) in [5.41, 5.74) is 6.86. The normalized spacial score (nSPS) is 15.8. The molecule has 0 bridgehead atoms. The van der Waals surface area contributed by atoms with Crippen LogP contribution in [0.2, 0.25) is 0 Å². The third kappa shape index (κ3) is 3.47. The van der Waals surface area contributed by atoms with Crippen LogP contribution >= 0.6 is 12.4 Å². The number of amides is 1. The van der Waals surface area contributed by atoms with Gasteiger partial charge >= 0.3 is 0 Å². The second kappa shape index (κ2) is 7.11. The molecule has 1 aliphatic heterocycles. The van der Waals surface area contributed by atoms with Gasteiger partial charge in [-0.05, 0) is 37.1 Å². The minimum absolute atomic E-state index is 0. The summed E-state index contributed by atoms with van der Waals surface area (Å²) in [5, 5.41) is 2.97. The number of halogens is 1. The number of hydrogen-bond donors (Lipinski definition) is 2. The molecule has 24 heavy (non-hydrogen) atoms. The van der Waals surface area contributed by atoms with Crippen molar-refractivity contribution in [2.75, 3.05) is 6.79 Å². The number of nitrogens with one attached hydrogen (secondary N) is 1. The van der Waals surface area contributed by atoms with Crippen molar-refractivity contribution in [1.29, 1.82) is 0 Å². The van der Waals surface area contributed by atoms with E-state index in [0.717, 1.165) is 16.9 Å². The summed E-state index contributed by atoms with van der Waals surface area (Å²) in [5.74, 6) is 1.19. The van der Waals surface area contributed by atoms with Crippen LogP contribution in [-0.4, -0.2) is 12.7 Å². The summed E-state index contributed by atoms with van der Waals surface area (Å²) in [6, 6.07) is 14.8. The summed E-state index contributed by atoms with van der Waals surface area (Å²) in [4.78, 5) is 12.6. The Morgan fingerprint density at radius 3 is 2.54 bits per heavy atom. The fourth-order valence-corrected chi connectivity index (χ4v) is 2.53. The average Bonchev–Trinajstić information content (AvgIpc) is 3.03. The lowest BCUT2D eigenvalue weighted by molar-refractivity contribution is -0.126. The predicted octanol–water partition coefficient (Wildman–Crippen LogP) is 2.89. The Morgan fingerprint density at radius 1 is 1.17 bits per heavy atom. The predicted molar refractivity (Wildman–Crippen MR) is 94.4 cm³/mol. The van der Waals surface area contributed by atoms with Crippen molar-refractivity contribution >= 4 is 18.3 Å². The molecule has 0 aliphatic carbocycles. The van der Waals surface area contributed by atoms with Gasteiger partial charge in [0.05, 0.1) is 6.04 Å². The van der Waals surface area contributed by atoms with Gasteiger partial charge in [0.2, 0.25) is 12.7 Å². The van der Waals surface area contributed by atoms with E-state index >= 15 is 0 Å². The maximum absolute atomic E-state index is 12.6. The number of nitrogens with two attached hydrogens (primary N) is 1. The first kappa shape index (κ1) is 18.1. The van der Waals surface area contributed by atoms with E-state index in [9.17, 15) is 4.79 Å². The highest BCUT2D eigenvalue weighted by Gasteiger charge is 2.31. The smallest absolute Gasteiger partial charge is 0.244 e. The summed E-state index contributed by atoms with van der Waals surface area (Å²) in [6.45, 7) is 3.86. The molecule has 1 amide bonds. The van der Waals surface area contributed by atoms with E-state index in [0.29, 0.717) is 5.75 Å². The van der Waals surface area contributed by atoms with E-state index in [1.165, 1.54) is 0 Å². The Hall–Kier alpha value is -2.24. The number of ether oxygens (including phenoxy) is 2. The number of carbonyl (C=O) groups excluding carboxylic acids is 1. The molecule has 5 nitrogen and oxygen atoms in total. The van der Waals surface area contributed by atoms with Crippen molar-refractivity contribution in [3.8, 4) is 11.5 Å². The van der Waals surface area contributed by atoms with Gasteiger partial charge in [0.15, 0.2) is 11.5 Å². The zero-order chi connectivity index (χ0) is 16.4. The van der Waals surface area contributed by atoms with Crippen molar-refractivity contribution in [3.05, 3.63) is 59.7 Å². The highest BCUT2D eigenvalue weighted by molar-refractivity contribution is 5.87. The fourth-order valence-electron chi connectivity index (χ4n) is 2.53. The van der Waals surface area contributed by atoms with Crippen LogP contribution in [-0.2, 0) is 10.3 Å². The van der Waals surface area contributed by atoms with Crippen molar-refractivity contribution in [2.24, 2.45) is 5.73 Å². The number of rotatable bonds is 4. The van der Waals surface area contributed by atoms with Crippen molar-refractivity contribution in [1.82, 2.24) is 5.32 Å². The Kier molecular flexibility index (Phi) is 5.36. The van der Waals surface area contributed by atoms with Gasteiger partial charge in [0.25, 0.3) is 0 Å². The van der Waals surface area contributed by atoms with Crippen LogP contribution in [0.4, 0.5) is 0 Å². The maximum Gasteiger partial charge on any atom is 0.244 e. The van der Waals surface area contributed by atoms with E-state index in [-0.39, 0.29) is 31.1 Å². The van der Waals surface area contributed by atoms with E-state index < -0.39 is 5.54 Å². The number of fused-ring (bicyclic) bond motifs is 1. The van der Waals surface area contributed by atoms with Gasteiger partial charge in [0, 0.05) is 0 Å². The molecule has 2 aromatic rings. The summed E-state index contributed by atoms with van der Waals surface area (Å²) in [7, 11) is 0. The first-order valence-electron chi connectivity index (χ1n) is 7.53. The van der Waals surface area contributed by atoms with Crippen molar-refractivity contribution in [3.63, 3.8) is 0 Å². The highest BCUT2D eigenvalue weighted by Crippen LogP contribution is 2.34. The Labute approximate surface area is 147 Å². The molecular formula is C18H21ClN2O3. The second-order valence-electron chi connectivity index (χ2n) is 5.88. The largest absolute Gasteiger partial charge is 0.454 e. The second-order valence-corrected chi connectivity index (χ2v) is 5.88. The highest BCUT2D eigenvalue weighted by atomic mass is 35.5. The van der Waals surface area contributed by atoms with E-state index in [1.54, 1.807) is 6.92 Å². The lowest BCUT2D eigenvalue weighted by atomic mass is 9.91. The van der Waals surface area contributed by atoms with E-state index in [2.05, 4.69) is 5.32 Å². The molecule has 2 aromatic carbocycles. The van der Waals surface area contributed by atoms with Gasteiger partial charge in [-0.1, -0.05) is 36.4 Å². The quantitative estimate of drug-likeness (QED) is 0.891. The molecule has 0 fully saturated rings. The van der Waals surface area contributed by atoms with Crippen LogP contribution in [0.5, 0.6) is 11.5 Å². The summed E-state index contributed by atoms with van der Waals surface area (Å²) >= 11 is 0. The standard InChI is InChI=1S/C18H20N2O3.ClH/c1-12(13-8-9-15-16(10-13)23-11-22-15)20-17(21)18(2,19)14-6-4-3-5-7-14;/h3-10,12H,11,19H2,1-2H3,(H,20,21);1H. The van der Waals surface area contributed by atoms with Crippen LogP contribution in [0, 0.1) is 0 Å². The number of carbonyl (C=O) groups is 1. The lowest BCUT2D eigenvalue weighted by Crippen LogP contribution is -2.49. The van der Waals surface area contributed by atoms with Crippen LogP contribution in [0.15, 0.2) is 48.5 Å². The third-order valence-corrected chi connectivity index (χ3v) is 4.09. The van der Waals surface area contributed by atoms with Crippen molar-refractivity contribution in [2.45, 2.75) is 25.4 Å². The molecule has 0 saturated carbocycles. The molecule has 3 rings (SSSR count). The molecule has 2 atom stereocenters. The SMILES string of the molecule is CC(NC(=O)C(C)(N)c1ccccc1)c1ccc2c(c1)OCO2.Cl. The maximum atomic E-state index is 12.6. The molecule has 1 heterocycles. The minimum atomic E-state index is -1.09. The Morgan fingerprint density at radius 2 is 1.83 bits per heavy atom. The molecular weight excluding hydrogens is 328 g/mol. The molecule has 0 radical (unpaired) electrons. The molecule has 0 spiro atoms. The first-order chi connectivity index (χ1) is 11.0. The zero-order valence-corrected chi connectivity index (χ0v) is 14.4. The zero-order valence-electron chi connectivity index (χ0n) is 13.6. The molecule has 128 valence electrons. The van der Waals surface area contributed by atoms with Crippen LogP contribution in [0.25, 0.3) is 0 Å². The van der Waals surface area contributed by atoms with Gasteiger partial charge in [-0.15, -0.1) is 12.4 Å². The fraction of sp³-hybridized carbons (Fsp3) is 0.278. The molecule has 1 aliphatic rings. The van der Waals surface area contributed by atoms with E-state index in [1.807, 2.05) is 55.5 Å². The first-order valence-corrected chi connectivity index (χ1v) is 7.53. The Bertz CT molecular complexity index is 719. The molecule has 0 saturated heterocycles. The minimum Gasteiger partial charge on any atom is -0.454 e. The van der Waals surface area contributed by atoms with Gasteiger partial charge in [-0.2, -0.15) is 0 Å². The van der Waals surface area contributed by atoms with E-state index in [4.69, 9.17) is 15.2 Å². The third-order valence-electron chi connectivity index (χ3n) is 4.09. The van der Waals surface area contributed by atoms with Crippen LogP contribution in [0.3, 0.4) is 0 Å². The molecule has 2 unspecified atom stereocenters. The number of benzene rings is 2. The summed E-state index contributed by atoms with van der Waals surface area (Å²) < 4.78 is 10.7. The monoisotopic (exact) mass is 348 g/mol. The van der Waals surface area contributed by atoms with Crippen molar-refractivity contribution < 1.29 is 14.3 Å². The van der Waals surface area contributed by atoms with Crippen LogP contribution < -0.4 is 20.5 Å². The molecule has 0 aromatic heterocycles. The molecule has 3 N–H and O–H groups in total. The van der Waals surface area contributed by atoms with Gasteiger partial charge in [0.1, 0.15) is 5.54 Å². The molecule has 6 heteroatoms. The Balaban J connectivity index is 0.00000208. The lowest BCUT2D eigenvalue weighted by Gasteiger charge is -2.26.